The zero-order valence-electron chi connectivity index (χ0n) is 4.64. The summed E-state index contributed by atoms with van der Waals surface area (Å²) in [6.07, 6.45) is 0. The van der Waals surface area contributed by atoms with Gasteiger partial charge in [-0.25, -0.2) is 0 Å². The summed E-state index contributed by atoms with van der Waals surface area (Å²) >= 11 is 0. The molecule has 0 nitrogen and oxygen atoms in total. The van der Waals surface area contributed by atoms with E-state index in [1.165, 1.54) is 0 Å². The Morgan fingerprint density at radius 2 is 1.22 bits per heavy atom. The fourth-order valence-electron chi connectivity index (χ4n) is 0.342. The molecule has 1 aromatic carbocycles. The zero-order valence-corrected chi connectivity index (χ0v) is 9.75. The van der Waals surface area contributed by atoms with Crippen molar-refractivity contribution in [3.05, 3.63) is 36.4 Å². The van der Waals surface area contributed by atoms with Crippen LogP contribution in [0.15, 0.2) is 30.3 Å². The second-order valence-corrected chi connectivity index (χ2v) is 1.08. The van der Waals surface area contributed by atoms with Gasteiger partial charge in [0.25, 0.3) is 0 Å². The first-order valence-electron chi connectivity index (χ1n) is 1.91. The molecule has 9 heavy (non-hydrogen) atoms. The van der Waals surface area contributed by atoms with Crippen molar-refractivity contribution in [3.8, 4) is 0 Å². The first kappa shape index (κ1) is 16.3. The molecular weight excluding hydrogens is 321 g/mol. The van der Waals surface area contributed by atoms with E-state index in [2.05, 4.69) is 6.07 Å². The largest absolute Gasteiger partial charge is 1.00 e. The van der Waals surface area contributed by atoms with Gasteiger partial charge in [0.15, 0.2) is 0 Å². The molecule has 50 valence electrons. The molecule has 0 fully saturated rings. The quantitative estimate of drug-likeness (QED) is 0.333. The number of benzene rings is 1. The molecule has 0 aliphatic carbocycles. The SMILES string of the molecule is [Cl-].[Cl-].[Hf].[c-]1ccccc1. The van der Waals surface area contributed by atoms with E-state index in [-0.39, 0.29) is 50.7 Å². The summed E-state index contributed by atoms with van der Waals surface area (Å²) in [5, 5.41) is 0. The first-order chi connectivity index (χ1) is 3.00. The standard InChI is InChI=1S/C6H5.2ClH.Hf/c1-2-4-6-5-3-1;;;/h1-5H;2*1H;/q-1;;;/p-2. The number of rotatable bonds is 0. The predicted octanol–water partition coefficient (Wildman–Crippen LogP) is -4.51. The minimum atomic E-state index is 0. The summed E-state index contributed by atoms with van der Waals surface area (Å²) in [7, 11) is 0. The fourth-order valence-corrected chi connectivity index (χ4v) is 0.342. The van der Waals surface area contributed by atoms with E-state index in [0.717, 1.165) is 0 Å². The number of hydrogen-bond donors (Lipinski definition) is 0. The van der Waals surface area contributed by atoms with Crippen molar-refractivity contribution in [2.24, 2.45) is 0 Å². The maximum absolute atomic E-state index is 2.89. The Kier molecular flexibility index (Phi) is 20.8. The van der Waals surface area contributed by atoms with Crippen molar-refractivity contribution in [3.63, 3.8) is 0 Å². The molecule has 0 saturated heterocycles. The summed E-state index contributed by atoms with van der Waals surface area (Å²) in [5.74, 6) is 0. The van der Waals surface area contributed by atoms with Crippen LogP contribution in [0.4, 0.5) is 0 Å². The van der Waals surface area contributed by atoms with Crippen molar-refractivity contribution in [1.29, 1.82) is 0 Å². The van der Waals surface area contributed by atoms with Gasteiger partial charge in [-0.15, -0.1) is 0 Å². The topological polar surface area (TPSA) is 0 Å². The third kappa shape index (κ3) is 8.67. The third-order valence-corrected chi connectivity index (χ3v) is 0.607. The molecule has 1 rings (SSSR count). The molecule has 0 aromatic heterocycles. The molecule has 0 bridgehead atoms. The third-order valence-electron chi connectivity index (χ3n) is 0.607. The van der Waals surface area contributed by atoms with Crippen LogP contribution in [-0.2, 0) is 25.8 Å². The van der Waals surface area contributed by atoms with Gasteiger partial charge in [-0.1, -0.05) is 0 Å². The van der Waals surface area contributed by atoms with Crippen LogP contribution in [0.5, 0.6) is 0 Å². The number of halogens is 2. The van der Waals surface area contributed by atoms with E-state index < -0.39 is 0 Å². The minimum absolute atomic E-state index is 0. The number of hydrogen-bond acceptors (Lipinski definition) is 0. The van der Waals surface area contributed by atoms with Crippen molar-refractivity contribution in [2.45, 2.75) is 0 Å². The van der Waals surface area contributed by atoms with E-state index in [0.29, 0.717) is 0 Å². The molecule has 0 amide bonds. The predicted molar refractivity (Wildman–Crippen MR) is 25.3 cm³/mol. The monoisotopic (exact) mass is 327 g/mol. The first-order valence-corrected chi connectivity index (χ1v) is 1.91. The van der Waals surface area contributed by atoms with Crippen LogP contribution in [-0.4, -0.2) is 0 Å². The van der Waals surface area contributed by atoms with Gasteiger partial charge in [-0.05, 0) is 0 Å². The summed E-state index contributed by atoms with van der Waals surface area (Å²) in [4.78, 5) is 0. The van der Waals surface area contributed by atoms with Crippen LogP contribution >= 0.6 is 0 Å². The molecular formula is C6H5Cl2Hf-3. The molecule has 1 aromatic rings. The normalized spacial score (nSPS) is 5.33. The fraction of sp³-hybridized carbons (Fsp3) is 0. The Morgan fingerprint density at radius 1 is 0.778 bits per heavy atom. The second kappa shape index (κ2) is 11.5. The average Bonchev–Trinajstić information content (AvgIpc) is 1.72. The molecule has 0 saturated carbocycles. The van der Waals surface area contributed by atoms with Crippen molar-refractivity contribution >= 4 is 0 Å². The second-order valence-electron chi connectivity index (χ2n) is 1.08. The summed E-state index contributed by atoms with van der Waals surface area (Å²) in [6.45, 7) is 0. The summed E-state index contributed by atoms with van der Waals surface area (Å²) < 4.78 is 0. The van der Waals surface area contributed by atoms with E-state index in [9.17, 15) is 0 Å². The maximum Gasteiger partial charge on any atom is 0 e. The summed E-state index contributed by atoms with van der Waals surface area (Å²) in [5.41, 5.74) is 0. The molecule has 0 radical (unpaired) electrons. The van der Waals surface area contributed by atoms with Gasteiger partial charge in [0.2, 0.25) is 0 Å². The Labute approximate surface area is 86.6 Å². The van der Waals surface area contributed by atoms with Crippen LogP contribution in [0.3, 0.4) is 0 Å². The molecule has 0 spiro atoms. The molecule has 0 unspecified atom stereocenters. The minimum Gasteiger partial charge on any atom is -1.00 e. The molecule has 0 atom stereocenters. The van der Waals surface area contributed by atoms with Gasteiger partial charge in [-0.2, -0.15) is 36.4 Å². The Hall–Kier alpha value is 0.670. The Morgan fingerprint density at radius 3 is 1.33 bits per heavy atom. The van der Waals surface area contributed by atoms with E-state index in [1.807, 2.05) is 30.3 Å². The van der Waals surface area contributed by atoms with Gasteiger partial charge >= 0.3 is 0 Å². The van der Waals surface area contributed by atoms with Gasteiger partial charge in [0.1, 0.15) is 0 Å². The van der Waals surface area contributed by atoms with Crippen molar-refractivity contribution in [1.82, 2.24) is 0 Å². The van der Waals surface area contributed by atoms with E-state index in [4.69, 9.17) is 0 Å². The van der Waals surface area contributed by atoms with Crippen LogP contribution < -0.4 is 24.8 Å². The molecule has 0 N–H and O–H groups in total. The molecule has 0 heterocycles. The molecule has 3 heteroatoms. The summed E-state index contributed by atoms with van der Waals surface area (Å²) in [6, 6.07) is 12.5. The van der Waals surface area contributed by atoms with Gasteiger partial charge in [-0.3, -0.25) is 0 Å². The van der Waals surface area contributed by atoms with Crippen LogP contribution in [0.2, 0.25) is 0 Å². The van der Waals surface area contributed by atoms with Crippen LogP contribution in [0.1, 0.15) is 0 Å². The Balaban J connectivity index is -0.000000120. The van der Waals surface area contributed by atoms with E-state index in [1.54, 1.807) is 0 Å². The van der Waals surface area contributed by atoms with Gasteiger partial charge in [0.05, 0.1) is 0 Å². The zero-order chi connectivity index (χ0) is 4.24. The smallest absolute Gasteiger partial charge is 0 e. The van der Waals surface area contributed by atoms with Gasteiger partial charge < -0.3 is 24.8 Å². The molecule has 0 aliphatic heterocycles. The maximum atomic E-state index is 2.89. The van der Waals surface area contributed by atoms with Crippen molar-refractivity contribution in [2.75, 3.05) is 0 Å². The van der Waals surface area contributed by atoms with Crippen molar-refractivity contribution < 1.29 is 50.7 Å². The molecule has 0 aliphatic rings. The van der Waals surface area contributed by atoms with Crippen LogP contribution in [0.25, 0.3) is 0 Å². The average molecular weight is 327 g/mol. The van der Waals surface area contributed by atoms with Crippen LogP contribution in [0, 0.1) is 6.07 Å². The Bertz CT molecular complexity index is 83.0. The van der Waals surface area contributed by atoms with Gasteiger partial charge in [0, 0.05) is 25.8 Å². The van der Waals surface area contributed by atoms with E-state index >= 15 is 0 Å².